The minimum absolute atomic E-state index is 0.0184. The van der Waals surface area contributed by atoms with Crippen molar-refractivity contribution in [3.8, 4) is 5.75 Å². The van der Waals surface area contributed by atoms with E-state index in [9.17, 15) is 22.0 Å². The third kappa shape index (κ3) is 4.04. The highest BCUT2D eigenvalue weighted by Crippen LogP contribution is 2.36. The summed E-state index contributed by atoms with van der Waals surface area (Å²) in [6.45, 7) is -0.203. The summed E-state index contributed by atoms with van der Waals surface area (Å²) in [6.07, 6.45) is 0.630. The first kappa shape index (κ1) is 19.6. The van der Waals surface area contributed by atoms with E-state index >= 15 is 0 Å². The zero-order valence-electron chi connectivity index (χ0n) is 15.3. The van der Waals surface area contributed by atoms with Crippen molar-refractivity contribution in [3.05, 3.63) is 59.0 Å². The SMILES string of the molecule is Fc1ccc(OCCc2ccn3c(CC4CCC4)nnc3c2C(F)(F)F)c(F)c1. The maximum atomic E-state index is 13.8. The lowest BCUT2D eigenvalue weighted by molar-refractivity contribution is -0.137. The molecule has 0 N–H and O–H groups in total. The summed E-state index contributed by atoms with van der Waals surface area (Å²) in [5, 5.41) is 7.77. The van der Waals surface area contributed by atoms with Gasteiger partial charge in [-0.3, -0.25) is 4.40 Å². The lowest BCUT2D eigenvalue weighted by Crippen LogP contribution is -2.17. The number of nitrogens with zero attached hydrogens (tertiary/aromatic N) is 3. The highest BCUT2D eigenvalue weighted by molar-refractivity contribution is 5.53. The van der Waals surface area contributed by atoms with Crippen molar-refractivity contribution in [1.82, 2.24) is 14.6 Å². The highest BCUT2D eigenvalue weighted by atomic mass is 19.4. The topological polar surface area (TPSA) is 39.4 Å². The maximum Gasteiger partial charge on any atom is 0.420 e. The largest absolute Gasteiger partial charge is 0.490 e. The molecule has 0 amide bonds. The van der Waals surface area contributed by atoms with E-state index < -0.39 is 23.4 Å². The van der Waals surface area contributed by atoms with Gasteiger partial charge in [-0.15, -0.1) is 10.2 Å². The summed E-state index contributed by atoms with van der Waals surface area (Å²) in [4.78, 5) is 0. The van der Waals surface area contributed by atoms with Crippen molar-refractivity contribution in [1.29, 1.82) is 0 Å². The van der Waals surface area contributed by atoms with Gasteiger partial charge in [0.2, 0.25) is 0 Å². The number of rotatable bonds is 6. The van der Waals surface area contributed by atoms with Crippen molar-refractivity contribution in [3.63, 3.8) is 0 Å². The van der Waals surface area contributed by atoms with Gasteiger partial charge in [0, 0.05) is 25.1 Å². The second kappa shape index (κ2) is 7.61. The molecule has 0 atom stereocenters. The van der Waals surface area contributed by atoms with Gasteiger partial charge in [-0.05, 0) is 29.7 Å². The van der Waals surface area contributed by atoms with Crippen molar-refractivity contribution in [2.24, 2.45) is 5.92 Å². The number of halogens is 5. The van der Waals surface area contributed by atoms with E-state index in [0.717, 1.165) is 31.4 Å². The van der Waals surface area contributed by atoms with Gasteiger partial charge in [0.1, 0.15) is 17.2 Å². The Morgan fingerprint density at radius 2 is 1.90 bits per heavy atom. The van der Waals surface area contributed by atoms with Crippen LogP contribution in [0.15, 0.2) is 30.5 Å². The van der Waals surface area contributed by atoms with E-state index in [2.05, 4.69) is 10.2 Å². The number of hydrogen-bond acceptors (Lipinski definition) is 3. The predicted molar refractivity (Wildman–Crippen MR) is 94.6 cm³/mol. The van der Waals surface area contributed by atoms with E-state index in [1.54, 1.807) is 0 Å². The monoisotopic (exact) mass is 411 g/mol. The average Bonchev–Trinajstić information content (AvgIpc) is 3.01. The van der Waals surface area contributed by atoms with Gasteiger partial charge in [0.15, 0.2) is 17.2 Å². The van der Waals surface area contributed by atoms with Crippen LogP contribution in [0.3, 0.4) is 0 Å². The minimum atomic E-state index is -4.63. The molecule has 0 aliphatic heterocycles. The quantitative estimate of drug-likeness (QED) is 0.537. The number of hydrogen-bond donors (Lipinski definition) is 0. The van der Waals surface area contributed by atoms with E-state index in [1.165, 1.54) is 16.7 Å². The molecule has 4 rings (SSSR count). The fraction of sp³-hybridized carbons (Fsp3) is 0.400. The summed E-state index contributed by atoms with van der Waals surface area (Å²) in [5.74, 6) is -0.924. The van der Waals surface area contributed by atoms with E-state index in [-0.39, 0.29) is 30.0 Å². The molecule has 0 bridgehead atoms. The van der Waals surface area contributed by atoms with Crippen LogP contribution in [0, 0.1) is 17.6 Å². The molecule has 0 unspecified atom stereocenters. The number of ether oxygens (including phenoxy) is 1. The summed E-state index contributed by atoms with van der Waals surface area (Å²) >= 11 is 0. The normalized spacial score (nSPS) is 14.9. The minimum Gasteiger partial charge on any atom is -0.490 e. The fourth-order valence-electron chi connectivity index (χ4n) is 3.52. The molecular weight excluding hydrogens is 393 g/mol. The second-order valence-electron chi connectivity index (χ2n) is 7.20. The molecule has 154 valence electrons. The molecule has 2 heterocycles. The first-order chi connectivity index (χ1) is 13.8. The number of pyridine rings is 1. The van der Waals surface area contributed by atoms with Crippen LogP contribution in [0.5, 0.6) is 5.75 Å². The zero-order valence-corrected chi connectivity index (χ0v) is 15.3. The second-order valence-corrected chi connectivity index (χ2v) is 7.20. The van der Waals surface area contributed by atoms with Gasteiger partial charge in [-0.1, -0.05) is 19.3 Å². The maximum absolute atomic E-state index is 13.8. The van der Waals surface area contributed by atoms with Crippen LogP contribution in [0.25, 0.3) is 5.65 Å². The van der Waals surface area contributed by atoms with E-state index in [4.69, 9.17) is 4.74 Å². The molecule has 1 aromatic carbocycles. The Morgan fingerprint density at radius 3 is 2.55 bits per heavy atom. The zero-order chi connectivity index (χ0) is 20.6. The van der Waals surface area contributed by atoms with Crippen molar-refractivity contribution >= 4 is 5.65 Å². The lowest BCUT2D eigenvalue weighted by Gasteiger charge is -2.24. The van der Waals surface area contributed by atoms with Gasteiger partial charge in [0.05, 0.1) is 6.61 Å². The number of alkyl halides is 3. The molecule has 2 aromatic heterocycles. The Bertz CT molecular complexity index is 1030. The molecule has 4 nitrogen and oxygen atoms in total. The molecule has 0 radical (unpaired) electrons. The van der Waals surface area contributed by atoms with Gasteiger partial charge in [-0.2, -0.15) is 13.2 Å². The molecule has 3 aromatic rings. The van der Waals surface area contributed by atoms with Crippen LogP contribution < -0.4 is 4.74 Å². The predicted octanol–water partition coefficient (Wildman–Crippen LogP) is 4.99. The third-order valence-electron chi connectivity index (χ3n) is 5.24. The highest BCUT2D eigenvalue weighted by Gasteiger charge is 2.37. The van der Waals surface area contributed by atoms with Crippen molar-refractivity contribution < 1.29 is 26.7 Å². The average molecular weight is 411 g/mol. The van der Waals surface area contributed by atoms with Crippen LogP contribution in [0.4, 0.5) is 22.0 Å². The molecular formula is C20H18F5N3O. The van der Waals surface area contributed by atoms with Crippen LogP contribution in [-0.2, 0) is 19.0 Å². The Balaban J connectivity index is 1.58. The number of fused-ring (bicyclic) bond motifs is 1. The molecule has 1 saturated carbocycles. The summed E-state index contributed by atoms with van der Waals surface area (Å²) < 4.78 is 74.5. The fourth-order valence-corrected chi connectivity index (χ4v) is 3.52. The molecule has 0 spiro atoms. The molecule has 1 fully saturated rings. The molecule has 9 heteroatoms. The summed E-state index contributed by atoms with van der Waals surface area (Å²) in [5.41, 5.74) is -1.12. The van der Waals surface area contributed by atoms with Crippen LogP contribution in [-0.4, -0.2) is 21.2 Å². The molecule has 29 heavy (non-hydrogen) atoms. The molecule has 1 aliphatic carbocycles. The first-order valence-corrected chi connectivity index (χ1v) is 9.33. The van der Waals surface area contributed by atoms with Gasteiger partial charge < -0.3 is 4.74 Å². The number of benzene rings is 1. The first-order valence-electron chi connectivity index (χ1n) is 9.33. The third-order valence-corrected chi connectivity index (χ3v) is 5.24. The van der Waals surface area contributed by atoms with Crippen LogP contribution >= 0.6 is 0 Å². The van der Waals surface area contributed by atoms with Crippen LogP contribution in [0.1, 0.15) is 36.2 Å². The van der Waals surface area contributed by atoms with Gasteiger partial charge >= 0.3 is 6.18 Å². The van der Waals surface area contributed by atoms with Crippen molar-refractivity contribution in [2.45, 2.75) is 38.3 Å². The van der Waals surface area contributed by atoms with Gasteiger partial charge in [0.25, 0.3) is 0 Å². The summed E-state index contributed by atoms with van der Waals surface area (Å²) in [6, 6.07) is 4.14. The molecule has 1 aliphatic rings. The van der Waals surface area contributed by atoms with E-state index in [1.807, 2.05) is 0 Å². The smallest absolute Gasteiger partial charge is 0.420 e. The van der Waals surface area contributed by atoms with Crippen LogP contribution in [0.2, 0.25) is 0 Å². The lowest BCUT2D eigenvalue weighted by atomic mass is 9.83. The summed E-state index contributed by atoms with van der Waals surface area (Å²) in [7, 11) is 0. The number of aromatic nitrogens is 3. The molecule has 0 saturated heterocycles. The Kier molecular flexibility index (Phi) is 5.14. The Hall–Kier alpha value is -2.71. The van der Waals surface area contributed by atoms with Gasteiger partial charge in [-0.25, -0.2) is 8.78 Å². The standard InChI is InChI=1S/C20H18F5N3O/c21-14-4-5-16(15(22)11-14)29-9-7-13-6-8-28-17(10-12-2-1-3-12)26-27-19(28)18(13)20(23,24)25/h4-6,8,11-12H,1-3,7,9-10H2. The Morgan fingerprint density at radius 1 is 1.10 bits per heavy atom. The van der Waals surface area contributed by atoms with Crippen molar-refractivity contribution in [2.75, 3.05) is 6.61 Å². The van der Waals surface area contributed by atoms with E-state index in [0.29, 0.717) is 24.2 Å². The Labute approximate surface area is 163 Å².